The highest BCUT2D eigenvalue weighted by molar-refractivity contribution is 5.76. The maximum Gasteiger partial charge on any atom is 0.224 e. The first-order valence-electron chi connectivity index (χ1n) is 6.59. The molecule has 7 nitrogen and oxygen atoms in total. The Labute approximate surface area is 112 Å². The molecule has 19 heavy (non-hydrogen) atoms. The zero-order chi connectivity index (χ0) is 13.7. The predicted octanol–water partition coefficient (Wildman–Crippen LogP) is -0.367. The van der Waals surface area contributed by atoms with E-state index in [9.17, 15) is 4.79 Å². The molecule has 1 saturated heterocycles. The van der Waals surface area contributed by atoms with Crippen molar-refractivity contribution in [1.82, 2.24) is 19.7 Å². The van der Waals surface area contributed by atoms with Crippen molar-refractivity contribution in [1.29, 1.82) is 0 Å². The molecular weight excluding hydrogens is 246 g/mol. The fraction of sp³-hybridized carbons (Fsp3) is 0.750. The van der Waals surface area contributed by atoms with E-state index in [0.29, 0.717) is 19.5 Å². The first-order chi connectivity index (χ1) is 9.24. The third-order valence-corrected chi connectivity index (χ3v) is 3.61. The maximum absolute atomic E-state index is 12.2. The minimum atomic E-state index is 0.0851. The summed E-state index contributed by atoms with van der Waals surface area (Å²) in [4.78, 5) is 18.0. The Balaban J connectivity index is 1.87. The Bertz CT molecular complexity index is 395. The quantitative estimate of drug-likeness (QED) is 0.787. The number of aromatic nitrogens is 3. The number of ether oxygens (including phenoxy) is 1. The molecule has 1 aliphatic rings. The second-order valence-corrected chi connectivity index (χ2v) is 4.77. The number of hydrogen-bond acceptors (Lipinski definition) is 5. The van der Waals surface area contributed by atoms with E-state index in [4.69, 9.17) is 10.5 Å². The van der Waals surface area contributed by atoms with Crippen molar-refractivity contribution in [2.75, 3.05) is 20.2 Å². The molecular formula is C12H21N5O2. The number of hydrogen-bond donors (Lipinski definition) is 1. The van der Waals surface area contributed by atoms with Gasteiger partial charge in [-0.25, -0.2) is 4.98 Å². The van der Waals surface area contributed by atoms with Crippen molar-refractivity contribution < 1.29 is 9.53 Å². The molecule has 1 amide bonds. The molecule has 0 bridgehead atoms. The van der Waals surface area contributed by atoms with Gasteiger partial charge in [0.15, 0.2) is 0 Å². The fourth-order valence-corrected chi connectivity index (χ4v) is 2.48. The summed E-state index contributed by atoms with van der Waals surface area (Å²) in [6.07, 6.45) is 5.43. The number of nitrogens with zero attached hydrogens (tertiary/aromatic N) is 4. The average Bonchev–Trinajstić information content (AvgIpc) is 2.97. The van der Waals surface area contributed by atoms with Gasteiger partial charge >= 0.3 is 0 Å². The number of methoxy groups -OCH3 is 1. The van der Waals surface area contributed by atoms with Crippen molar-refractivity contribution in [3.8, 4) is 0 Å². The molecule has 0 radical (unpaired) electrons. The van der Waals surface area contributed by atoms with Crippen LogP contribution in [0.2, 0.25) is 0 Å². The van der Waals surface area contributed by atoms with Crippen LogP contribution in [0.4, 0.5) is 0 Å². The summed E-state index contributed by atoms with van der Waals surface area (Å²) >= 11 is 0. The lowest BCUT2D eigenvalue weighted by Gasteiger charge is -2.38. The van der Waals surface area contributed by atoms with E-state index in [0.717, 1.165) is 19.4 Å². The standard InChI is InChI=1S/C12H21N5O2/c1-19-11-2-5-17(10(6-11)7-13)12(18)3-4-16-9-14-8-15-16/h8-11H,2-7,13H2,1H3. The third kappa shape index (κ3) is 3.51. The highest BCUT2D eigenvalue weighted by atomic mass is 16.5. The summed E-state index contributed by atoms with van der Waals surface area (Å²) < 4.78 is 7.02. The molecule has 106 valence electrons. The minimum Gasteiger partial charge on any atom is -0.381 e. The largest absolute Gasteiger partial charge is 0.381 e. The number of carbonyl (C=O) groups is 1. The zero-order valence-corrected chi connectivity index (χ0v) is 11.2. The molecule has 0 aliphatic carbocycles. The lowest BCUT2D eigenvalue weighted by Crippen LogP contribution is -2.51. The minimum absolute atomic E-state index is 0.0851. The molecule has 2 N–H and O–H groups in total. The van der Waals surface area contributed by atoms with E-state index < -0.39 is 0 Å². The predicted molar refractivity (Wildman–Crippen MR) is 69.2 cm³/mol. The molecule has 0 aromatic carbocycles. The van der Waals surface area contributed by atoms with Crippen molar-refractivity contribution in [3.63, 3.8) is 0 Å². The number of rotatable bonds is 5. The molecule has 0 saturated carbocycles. The van der Waals surface area contributed by atoms with E-state index in [1.165, 1.54) is 6.33 Å². The van der Waals surface area contributed by atoms with Gasteiger partial charge in [0.2, 0.25) is 5.91 Å². The van der Waals surface area contributed by atoms with Crippen LogP contribution in [0.5, 0.6) is 0 Å². The Kier molecular flexibility index (Phi) is 4.86. The Morgan fingerprint density at radius 1 is 1.58 bits per heavy atom. The Morgan fingerprint density at radius 2 is 2.42 bits per heavy atom. The van der Waals surface area contributed by atoms with Crippen LogP contribution in [0, 0.1) is 0 Å². The number of amides is 1. The second-order valence-electron chi connectivity index (χ2n) is 4.77. The van der Waals surface area contributed by atoms with E-state index in [-0.39, 0.29) is 18.1 Å². The summed E-state index contributed by atoms with van der Waals surface area (Å²) in [6.45, 7) is 1.76. The van der Waals surface area contributed by atoms with Gasteiger partial charge in [-0.15, -0.1) is 0 Å². The topological polar surface area (TPSA) is 86.3 Å². The van der Waals surface area contributed by atoms with Crippen LogP contribution >= 0.6 is 0 Å². The molecule has 7 heteroatoms. The highest BCUT2D eigenvalue weighted by Gasteiger charge is 2.30. The smallest absolute Gasteiger partial charge is 0.224 e. The highest BCUT2D eigenvalue weighted by Crippen LogP contribution is 2.20. The maximum atomic E-state index is 12.2. The summed E-state index contributed by atoms with van der Waals surface area (Å²) in [6, 6.07) is 0.0851. The van der Waals surface area contributed by atoms with Crippen LogP contribution in [0.3, 0.4) is 0 Å². The molecule has 0 spiro atoms. The number of nitrogens with two attached hydrogens (primary N) is 1. The number of likely N-dealkylation sites (tertiary alicyclic amines) is 1. The zero-order valence-electron chi connectivity index (χ0n) is 11.2. The summed E-state index contributed by atoms with van der Waals surface area (Å²) in [5.41, 5.74) is 5.76. The summed E-state index contributed by atoms with van der Waals surface area (Å²) in [5.74, 6) is 0.125. The Morgan fingerprint density at radius 3 is 3.05 bits per heavy atom. The lowest BCUT2D eigenvalue weighted by molar-refractivity contribution is -0.137. The molecule has 1 aromatic rings. The molecule has 2 heterocycles. The van der Waals surface area contributed by atoms with Gasteiger partial charge < -0.3 is 15.4 Å². The van der Waals surface area contributed by atoms with Gasteiger partial charge in [-0.3, -0.25) is 9.48 Å². The summed E-state index contributed by atoms with van der Waals surface area (Å²) in [7, 11) is 1.71. The lowest BCUT2D eigenvalue weighted by atomic mass is 9.99. The molecule has 2 rings (SSSR count). The van der Waals surface area contributed by atoms with Crippen LogP contribution in [0.15, 0.2) is 12.7 Å². The van der Waals surface area contributed by atoms with E-state index in [1.54, 1.807) is 18.1 Å². The SMILES string of the molecule is COC1CCN(C(=O)CCn2cncn2)C(CN)C1. The van der Waals surface area contributed by atoms with Gasteiger partial charge in [0.05, 0.1) is 12.6 Å². The normalized spacial score (nSPS) is 23.6. The molecule has 1 aromatic heterocycles. The molecule has 2 atom stereocenters. The Hall–Kier alpha value is -1.47. The third-order valence-electron chi connectivity index (χ3n) is 3.61. The number of aryl methyl sites for hydroxylation is 1. The van der Waals surface area contributed by atoms with Crippen LogP contribution in [-0.4, -0.2) is 57.9 Å². The van der Waals surface area contributed by atoms with Gasteiger partial charge in [0.1, 0.15) is 12.7 Å². The van der Waals surface area contributed by atoms with Gasteiger partial charge in [0.25, 0.3) is 0 Å². The van der Waals surface area contributed by atoms with Crippen molar-refractivity contribution >= 4 is 5.91 Å². The van der Waals surface area contributed by atoms with Crippen LogP contribution in [0.25, 0.3) is 0 Å². The van der Waals surface area contributed by atoms with Crippen LogP contribution < -0.4 is 5.73 Å². The number of carbonyl (C=O) groups excluding carboxylic acids is 1. The van der Waals surface area contributed by atoms with Crippen molar-refractivity contribution in [3.05, 3.63) is 12.7 Å². The van der Waals surface area contributed by atoms with Gasteiger partial charge in [-0.05, 0) is 12.8 Å². The van der Waals surface area contributed by atoms with E-state index in [2.05, 4.69) is 10.1 Å². The van der Waals surface area contributed by atoms with Crippen LogP contribution in [0.1, 0.15) is 19.3 Å². The number of piperidine rings is 1. The summed E-state index contributed by atoms with van der Waals surface area (Å²) in [5, 5.41) is 3.99. The second kappa shape index (κ2) is 6.63. The van der Waals surface area contributed by atoms with Gasteiger partial charge in [-0.2, -0.15) is 5.10 Å². The van der Waals surface area contributed by atoms with Gasteiger partial charge in [-0.1, -0.05) is 0 Å². The monoisotopic (exact) mass is 267 g/mol. The first-order valence-corrected chi connectivity index (χ1v) is 6.59. The fourth-order valence-electron chi connectivity index (χ4n) is 2.48. The average molecular weight is 267 g/mol. The molecule has 2 unspecified atom stereocenters. The van der Waals surface area contributed by atoms with Crippen molar-refractivity contribution in [2.24, 2.45) is 5.73 Å². The first kappa shape index (κ1) is 14.0. The van der Waals surface area contributed by atoms with Gasteiger partial charge in [0, 0.05) is 32.7 Å². The molecule has 1 fully saturated rings. The van der Waals surface area contributed by atoms with E-state index >= 15 is 0 Å². The van der Waals surface area contributed by atoms with E-state index in [1.807, 2.05) is 4.90 Å². The van der Waals surface area contributed by atoms with Crippen LogP contribution in [-0.2, 0) is 16.1 Å². The molecule has 1 aliphatic heterocycles. The van der Waals surface area contributed by atoms with Crippen molar-refractivity contribution in [2.45, 2.75) is 38.0 Å².